The van der Waals surface area contributed by atoms with Gasteiger partial charge in [-0.2, -0.15) is 13.2 Å². The Hall–Kier alpha value is -1.35. The van der Waals surface area contributed by atoms with Crippen molar-refractivity contribution in [1.82, 2.24) is 10.3 Å². The van der Waals surface area contributed by atoms with Crippen LogP contribution in [0.25, 0.3) is 0 Å². The second kappa shape index (κ2) is 4.32. The first-order valence-electron chi connectivity index (χ1n) is 6.06. The normalized spacial score (nSPS) is 24.9. The summed E-state index contributed by atoms with van der Waals surface area (Å²) in [5, 5.41) is 3.07. The van der Waals surface area contributed by atoms with Gasteiger partial charge in [0.15, 0.2) is 9.84 Å². The molecule has 0 radical (unpaired) electrons. The summed E-state index contributed by atoms with van der Waals surface area (Å²) in [6.07, 6.45) is -3.91. The maximum atomic E-state index is 12.7. The number of alkyl halides is 3. The molecule has 1 fully saturated rings. The molecule has 0 aliphatic carbocycles. The van der Waals surface area contributed by atoms with E-state index in [1.54, 1.807) is 4.90 Å². The zero-order valence-electron chi connectivity index (χ0n) is 10.3. The Morgan fingerprint density at radius 3 is 2.85 bits per heavy atom. The highest BCUT2D eigenvalue weighted by Gasteiger charge is 2.40. The number of aromatic nitrogens is 1. The highest BCUT2D eigenvalue weighted by molar-refractivity contribution is 7.91. The molecule has 3 heterocycles. The Kier molecular flexibility index (Phi) is 2.94. The van der Waals surface area contributed by atoms with Crippen LogP contribution in [0, 0.1) is 0 Å². The number of hydrogen-bond acceptors (Lipinski definition) is 5. The number of fused-ring (bicyclic) bond motifs is 3. The molecule has 5 nitrogen and oxygen atoms in total. The molecule has 110 valence electrons. The Bertz CT molecular complexity index is 645. The van der Waals surface area contributed by atoms with Crippen molar-refractivity contribution >= 4 is 15.7 Å². The second-order valence-corrected chi connectivity index (χ2v) is 6.88. The highest BCUT2D eigenvalue weighted by atomic mass is 32.2. The largest absolute Gasteiger partial charge is 0.417 e. The Morgan fingerprint density at radius 1 is 1.40 bits per heavy atom. The molecular formula is C11H12F3N3O2S. The third-order valence-corrected chi connectivity index (χ3v) is 5.32. The fourth-order valence-electron chi connectivity index (χ4n) is 2.57. The first-order chi connectivity index (χ1) is 9.29. The lowest BCUT2D eigenvalue weighted by atomic mass is 10.2. The quantitative estimate of drug-likeness (QED) is 0.763. The fourth-order valence-corrected chi connectivity index (χ4v) is 4.31. The molecule has 3 rings (SSSR count). The number of hydrogen-bond donors (Lipinski definition) is 1. The minimum atomic E-state index is -4.60. The standard InChI is InChI=1S/C11H12F3N3O2S/c12-11(13,14)7-3-9-10(16-4-7)17-2-1-15-5-8(17)6-20(9,18)19/h3-4,8,15H,1-2,5-6H2/t8-/m0/s1. The summed E-state index contributed by atoms with van der Waals surface area (Å²) in [5.74, 6) is -0.0496. The summed E-state index contributed by atoms with van der Waals surface area (Å²) in [4.78, 5) is 5.22. The first-order valence-corrected chi connectivity index (χ1v) is 7.71. The van der Waals surface area contributed by atoms with E-state index in [-0.39, 0.29) is 22.5 Å². The SMILES string of the molecule is O=S1(=O)C[C@@H]2CNCCN2c2ncc(C(F)(F)F)cc21. The summed E-state index contributed by atoms with van der Waals surface area (Å²) in [6.45, 7) is 1.67. The number of anilines is 1. The lowest BCUT2D eigenvalue weighted by molar-refractivity contribution is -0.138. The second-order valence-electron chi connectivity index (χ2n) is 4.88. The number of pyridine rings is 1. The minimum absolute atomic E-state index is 0.135. The predicted molar refractivity (Wildman–Crippen MR) is 65.3 cm³/mol. The Labute approximate surface area is 113 Å². The van der Waals surface area contributed by atoms with Crippen LogP contribution in [0.3, 0.4) is 0 Å². The number of piperazine rings is 1. The van der Waals surface area contributed by atoms with Crippen LogP contribution in [0.2, 0.25) is 0 Å². The highest BCUT2D eigenvalue weighted by Crippen LogP contribution is 2.37. The zero-order chi connectivity index (χ0) is 14.5. The molecule has 20 heavy (non-hydrogen) atoms. The smallest absolute Gasteiger partial charge is 0.349 e. The molecule has 1 aromatic heterocycles. The van der Waals surface area contributed by atoms with Gasteiger partial charge in [0, 0.05) is 25.8 Å². The van der Waals surface area contributed by atoms with Gasteiger partial charge in [0.2, 0.25) is 0 Å². The molecule has 2 aliphatic heterocycles. The molecule has 0 saturated carbocycles. The van der Waals surface area contributed by atoms with Gasteiger partial charge in [-0.1, -0.05) is 0 Å². The topological polar surface area (TPSA) is 62.3 Å². The van der Waals surface area contributed by atoms with Crippen LogP contribution in [-0.4, -0.2) is 44.8 Å². The molecule has 9 heteroatoms. The van der Waals surface area contributed by atoms with Gasteiger partial charge in [0.05, 0.1) is 17.4 Å². The van der Waals surface area contributed by atoms with Crippen molar-refractivity contribution in [3.63, 3.8) is 0 Å². The summed E-state index contributed by atoms with van der Waals surface area (Å²) in [5.41, 5.74) is -1.03. The van der Waals surface area contributed by atoms with E-state index in [1.807, 2.05) is 0 Å². The summed E-state index contributed by atoms with van der Waals surface area (Å²) in [6, 6.07) is 0.418. The molecule has 0 bridgehead atoms. The third-order valence-electron chi connectivity index (χ3n) is 3.53. The number of sulfone groups is 1. The van der Waals surface area contributed by atoms with Crippen molar-refractivity contribution in [1.29, 1.82) is 0 Å². The van der Waals surface area contributed by atoms with Crippen molar-refractivity contribution in [3.8, 4) is 0 Å². The predicted octanol–water partition coefficient (Wildman–Crippen LogP) is 0.666. The van der Waals surface area contributed by atoms with Crippen LogP contribution in [0.4, 0.5) is 19.0 Å². The lowest BCUT2D eigenvalue weighted by Crippen LogP contribution is -2.56. The van der Waals surface area contributed by atoms with Crippen molar-refractivity contribution in [2.24, 2.45) is 0 Å². The molecule has 1 N–H and O–H groups in total. The average Bonchev–Trinajstić information content (AvgIpc) is 2.37. The Balaban J connectivity index is 2.14. The van der Waals surface area contributed by atoms with Crippen LogP contribution in [-0.2, 0) is 16.0 Å². The maximum absolute atomic E-state index is 12.7. The van der Waals surface area contributed by atoms with E-state index in [2.05, 4.69) is 10.3 Å². The number of nitrogens with one attached hydrogen (secondary N) is 1. The van der Waals surface area contributed by atoms with Gasteiger partial charge < -0.3 is 10.2 Å². The zero-order valence-corrected chi connectivity index (χ0v) is 11.1. The van der Waals surface area contributed by atoms with Gasteiger partial charge in [-0.05, 0) is 6.07 Å². The molecule has 1 aromatic rings. The molecule has 0 unspecified atom stereocenters. The molecule has 1 saturated heterocycles. The Morgan fingerprint density at radius 2 is 2.15 bits per heavy atom. The fraction of sp³-hybridized carbons (Fsp3) is 0.545. The van der Waals surface area contributed by atoms with Gasteiger partial charge in [-0.25, -0.2) is 13.4 Å². The van der Waals surface area contributed by atoms with E-state index in [4.69, 9.17) is 0 Å². The van der Waals surface area contributed by atoms with Crippen molar-refractivity contribution in [3.05, 3.63) is 17.8 Å². The maximum Gasteiger partial charge on any atom is 0.417 e. The van der Waals surface area contributed by atoms with E-state index in [1.165, 1.54) is 0 Å². The van der Waals surface area contributed by atoms with Crippen molar-refractivity contribution in [2.75, 3.05) is 30.3 Å². The van der Waals surface area contributed by atoms with Crippen LogP contribution in [0.15, 0.2) is 17.2 Å². The number of halogens is 3. The van der Waals surface area contributed by atoms with Crippen molar-refractivity contribution in [2.45, 2.75) is 17.1 Å². The number of nitrogens with zero attached hydrogens (tertiary/aromatic N) is 2. The van der Waals surface area contributed by atoms with Crippen LogP contribution in [0.1, 0.15) is 5.56 Å². The molecular weight excluding hydrogens is 295 g/mol. The van der Waals surface area contributed by atoms with Gasteiger partial charge in [-0.3, -0.25) is 0 Å². The molecule has 0 aromatic carbocycles. The molecule has 0 amide bonds. The van der Waals surface area contributed by atoms with Gasteiger partial charge in [0.25, 0.3) is 0 Å². The minimum Gasteiger partial charge on any atom is -0.349 e. The lowest BCUT2D eigenvalue weighted by Gasteiger charge is -2.40. The van der Waals surface area contributed by atoms with Crippen LogP contribution >= 0.6 is 0 Å². The summed E-state index contributed by atoms with van der Waals surface area (Å²) >= 11 is 0. The average molecular weight is 307 g/mol. The van der Waals surface area contributed by atoms with E-state index < -0.39 is 21.6 Å². The van der Waals surface area contributed by atoms with Gasteiger partial charge >= 0.3 is 6.18 Å². The van der Waals surface area contributed by atoms with E-state index >= 15 is 0 Å². The molecule has 0 spiro atoms. The molecule has 1 atom stereocenters. The first kappa shape index (κ1) is 13.6. The van der Waals surface area contributed by atoms with Gasteiger partial charge in [0.1, 0.15) is 10.7 Å². The monoisotopic (exact) mass is 307 g/mol. The van der Waals surface area contributed by atoms with Gasteiger partial charge in [-0.15, -0.1) is 0 Å². The van der Waals surface area contributed by atoms with Crippen LogP contribution in [0.5, 0.6) is 0 Å². The summed E-state index contributed by atoms with van der Waals surface area (Å²) in [7, 11) is -3.74. The van der Waals surface area contributed by atoms with Crippen molar-refractivity contribution < 1.29 is 21.6 Å². The van der Waals surface area contributed by atoms with E-state index in [0.29, 0.717) is 31.9 Å². The van der Waals surface area contributed by atoms with E-state index in [9.17, 15) is 21.6 Å². The molecule has 2 aliphatic rings. The van der Waals surface area contributed by atoms with E-state index in [0.717, 1.165) is 0 Å². The third kappa shape index (κ3) is 2.14. The summed E-state index contributed by atoms with van der Waals surface area (Å²) < 4.78 is 62.3. The van der Waals surface area contributed by atoms with Crippen LogP contribution < -0.4 is 10.2 Å². The number of rotatable bonds is 0.